The van der Waals surface area contributed by atoms with Gasteiger partial charge in [0.15, 0.2) is 0 Å². The van der Waals surface area contributed by atoms with Gasteiger partial charge in [0.05, 0.1) is 11.1 Å². The highest BCUT2D eigenvalue weighted by molar-refractivity contribution is 8.76. The molecule has 16 heteroatoms. The van der Waals surface area contributed by atoms with Crippen LogP contribution in [-0.4, -0.2) is 101 Å². The summed E-state index contributed by atoms with van der Waals surface area (Å²) in [6.45, 7) is 0. The number of benzene rings is 2. The molecule has 0 aromatic heterocycles. The molecule has 0 radical (unpaired) electrons. The highest BCUT2D eigenvalue weighted by Gasteiger charge is 2.44. The van der Waals surface area contributed by atoms with E-state index in [1.54, 1.807) is 36.4 Å². The summed E-state index contributed by atoms with van der Waals surface area (Å²) >= 11 is 2.39. The van der Waals surface area contributed by atoms with Crippen molar-refractivity contribution in [2.45, 2.75) is 35.7 Å². The Labute approximate surface area is 268 Å². The van der Waals surface area contributed by atoms with Gasteiger partial charge in [0.25, 0.3) is 0 Å². The van der Waals surface area contributed by atoms with Gasteiger partial charge in [-0.15, -0.1) is 23.5 Å². The van der Waals surface area contributed by atoms with Gasteiger partial charge in [-0.1, -0.05) is 58.0 Å². The number of carboxylic acids is 4. The topological polar surface area (TPSA) is 190 Å². The number of aromatic carboxylic acids is 2. The summed E-state index contributed by atoms with van der Waals surface area (Å²) < 4.78 is 0. The molecule has 0 bridgehead atoms. The first-order chi connectivity index (χ1) is 21.0. The number of hydrogen-bond donors (Lipinski definition) is 4. The second-order valence-corrected chi connectivity index (χ2v) is 14.5. The zero-order valence-corrected chi connectivity index (χ0v) is 26.2. The Morgan fingerprint density at radius 3 is 1.34 bits per heavy atom. The van der Waals surface area contributed by atoms with Gasteiger partial charge >= 0.3 is 23.9 Å². The van der Waals surface area contributed by atoms with Gasteiger partial charge in [0, 0.05) is 35.9 Å². The molecule has 2 heterocycles. The van der Waals surface area contributed by atoms with E-state index in [2.05, 4.69) is 0 Å². The van der Waals surface area contributed by atoms with Gasteiger partial charge in [0.1, 0.15) is 22.8 Å². The van der Waals surface area contributed by atoms with Crippen LogP contribution in [0.1, 0.15) is 55.4 Å². The lowest BCUT2D eigenvalue weighted by atomic mass is 10.1. The monoisotopic (exact) mass is 680 g/mol. The largest absolute Gasteiger partial charge is 0.480 e. The molecule has 2 fully saturated rings. The Bertz CT molecular complexity index is 1350. The van der Waals surface area contributed by atoms with Crippen LogP contribution >= 0.6 is 45.1 Å². The Morgan fingerprint density at radius 2 is 1.00 bits per heavy atom. The maximum absolute atomic E-state index is 13.2. The average molecular weight is 681 g/mol. The fraction of sp³-hybridized carbons (Fsp3) is 0.357. The fourth-order valence-electron chi connectivity index (χ4n) is 4.93. The minimum absolute atomic E-state index is 0.00124. The molecule has 4 N–H and O–H groups in total. The quantitative estimate of drug-likeness (QED) is 0.175. The molecular formula is C28H28N2O10S4. The molecule has 2 unspecified atom stereocenters. The van der Waals surface area contributed by atoms with Crippen LogP contribution in [0.4, 0.5) is 0 Å². The lowest BCUT2D eigenvalue weighted by molar-refractivity contribution is -0.149. The van der Waals surface area contributed by atoms with Gasteiger partial charge in [-0.25, -0.2) is 19.2 Å². The number of carboxylic acid groups (broad SMARTS) is 4. The summed E-state index contributed by atoms with van der Waals surface area (Å²) in [5.74, 6) is -4.74. The van der Waals surface area contributed by atoms with Crippen molar-refractivity contribution in [3.8, 4) is 0 Å². The number of carbonyl (C=O) groups is 6. The van der Waals surface area contributed by atoms with Crippen molar-refractivity contribution in [2.75, 3.05) is 23.0 Å². The van der Waals surface area contributed by atoms with Gasteiger partial charge in [-0.2, -0.15) is 0 Å². The van der Waals surface area contributed by atoms with Crippen molar-refractivity contribution in [3.05, 3.63) is 70.8 Å². The summed E-state index contributed by atoms with van der Waals surface area (Å²) in [5, 5.41) is 37.1. The molecule has 2 aromatic rings. The molecule has 2 aromatic carbocycles. The molecule has 0 saturated carbocycles. The minimum Gasteiger partial charge on any atom is -0.480 e. The smallest absolute Gasteiger partial charge is 0.336 e. The van der Waals surface area contributed by atoms with E-state index in [4.69, 9.17) is 0 Å². The van der Waals surface area contributed by atoms with E-state index in [9.17, 15) is 49.2 Å². The van der Waals surface area contributed by atoms with E-state index >= 15 is 0 Å². The maximum atomic E-state index is 13.2. The molecular weight excluding hydrogens is 653 g/mol. The first kappa shape index (κ1) is 33.6. The predicted octanol–water partition coefficient (Wildman–Crippen LogP) is 4.00. The molecule has 4 atom stereocenters. The van der Waals surface area contributed by atoms with E-state index in [1.807, 2.05) is 0 Å². The summed E-state index contributed by atoms with van der Waals surface area (Å²) in [4.78, 5) is 76.1. The number of amides is 2. The van der Waals surface area contributed by atoms with E-state index in [0.29, 0.717) is 22.6 Å². The first-order valence-corrected chi connectivity index (χ1v) is 17.8. The Hall–Kier alpha value is -3.34. The fourth-order valence-corrected chi connectivity index (χ4v) is 9.84. The summed E-state index contributed by atoms with van der Waals surface area (Å²) in [6.07, 6.45) is -0.0286. The average Bonchev–Trinajstić information content (AvgIpc) is 3.64. The highest BCUT2D eigenvalue weighted by atomic mass is 33.1. The molecule has 0 spiro atoms. The lowest BCUT2D eigenvalue weighted by Gasteiger charge is -2.28. The Kier molecular flexibility index (Phi) is 11.5. The molecule has 234 valence electrons. The van der Waals surface area contributed by atoms with Crippen LogP contribution in [0.25, 0.3) is 0 Å². The van der Waals surface area contributed by atoms with E-state index in [1.165, 1.54) is 67.0 Å². The van der Waals surface area contributed by atoms with Gasteiger partial charge in [0.2, 0.25) is 11.8 Å². The standard InChI is InChI=1S/C28H28N2O10S4/c31-21(29-19(27(37)38)13-41-23(29)15-5-1-3-7-17(15)25(33)34)9-11-43-44-12-10-22(32)30-20(28(39)40)14-42-24(30)16-6-2-4-8-18(16)26(35)36/h1-8,19-20,23-24H,9-14H2,(H,33,34)(H,35,36)(H,37,38)(H,39,40)/t19-,20-,23?,24?/m0/s1. The van der Waals surface area contributed by atoms with Crippen molar-refractivity contribution in [2.24, 2.45) is 0 Å². The van der Waals surface area contributed by atoms with Gasteiger partial charge in [-0.3, -0.25) is 9.59 Å². The molecule has 4 rings (SSSR count). The second kappa shape index (κ2) is 15.1. The van der Waals surface area contributed by atoms with E-state index in [-0.39, 0.29) is 35.5 Å². The number of aliphatic carboxylic acids is 2. The Balaban J connectivity index is 1.33. The van der Waals surface area contributed by atoms with Crippen LogP contribution in [0.5, 0.6) is 0 Å². The van der Waals surface area contributed by atoms with Crippen LogP contribution in [-0.2, 0) is 19.2 Å². The highest BCUT2D eigenvalue weighted by Crippen LogP contribution is 2.44. The van der Waals surface area contributed by atoms with Crippen molar-refractivity contribution < 1.29 is 49.2 Å². The first-order valence-electron chi connectivity index (χ1n) is 13.2. The molecule has 44 heavy (non-hydrogen) atoms. The minimum atomic E-state index is -1.18. The second-order valence-electron chi connectivity index (χ2n) is 9.61. The predicted molar refractivity (Wildman–Crippen MR) is 168 cm³/mol. The third kappa shape index (κ3) is 7.47. The maximum Gasteiger partial charge on any atom is 0.336 e. The molecule has 2 saturated heterocycles. The summed E-state index contributed by atoms with van der Waals surface area (Å²) in [6, 6.07) is 10.2. The zero-order chi connectivity index (χ0) is 32.0. The number of carbonyl (C=O) groups excluding carboxylic acids is 2. The lowest BCUT2D eigenvalue weighted by Crippen LogP contribution is -2.43. The molecule has 2 aliphatic heterocycles. The van der Waals surface area contributed by atoms with Crippen LogP contribution in [0.2, 0.25) is 0 Å². The van der Waals surface area contributed by atoms with Crippen LogP contribution in [0.3, 0.4) is 0 Å². The van der Waals surface area contributed by atoms with E-state index < -0.39 is 58.5 Å². The van der Waals surface area contributed by atoms with Gasteiger partial charge in [-0.05, 0) is 23.3 Å². The van der Waals surface area contributed by atoms with Crippen molar-refractivity contribution in [1.29, 1.82) is 0 Å². The normalized spacial score (nSPS) is 21.3. The third-order valence-corrected chi connectivity index (χ3v) is 12.0. The zero-order valence-electron chi connectivity index (χ0n) is 22.9. The Morgan fingerprint density at radius 1 is 0.636 bits per heavy atom. The van der Waals surface area contributed by atoms with Crippen molar-refractivity contribution in [3.63, 3.8) is 0 Å². The summed E-state index contributed by atoms with van der Waals surface area (Å²) in [5.41, 5.74) is 0.704. The van der Waals surface area contributed by atoms with E-state index in [0.717, 1.165) is 0 Å². The SMILES string of the molecule is O=C(O)c1ccccc1C1SC[C@@H](C(=O)O)N1C(=O)CCSSCCC(=O)N1C(c2ccccc2C(=O)O)SC[C@H]1C(=O)O. The van der Waals surface area contributed by atoms with Crippen molar-refractivity contribution in [1.82, 2.24) is 9.80 Å². The van der Waals surface area contributed by atoms with Crippen LogP contribution in [0, 0.1) is 0 Å². The van der Waals surface area contributed by atoms with Crippen LogP contribution in [0.15, 0.2) is 48.5 Å². The van der Waals surface area contributed by atoms with Gasteiger partial charge < -0.3 is 30.2 Å². The number of nitrogens with zero attached hydrogens (tertiary/aromatic N) is 2. The number of rotatable bonds is 13. The summed E-state index contributed by atoms with van der Waals surface area (Å²) in [7, 11) is 2.60. The number of hydrogen-bond acceptors (Lipinski definition) is 10. The van der Waals surface area contributed by atoms with Crippen LogP contribution < -0.4 is 0 Å². The molecule has 0 aliphatic carbocycles. The molecule has 2 amide bonds. The van der Waals surface area contributed by atoms with Crippen molar-refractivity contribution >= 4 is 80.8 Å². The number of thioether (sulfide) groups is 2. The molecule has 2 aliphatic rings. The third-order valence-electron chi connectivity index (χ3n) is 6.94. The molecule has 12 nitrogen and oxygen atoms in total.